The van der Waals surface area contributed by atoms with Crippen LogP contribution in [0.5, 0.6) is 0 Å². The van der Waals surface area contributed by atoms with Gasteiger partial charge in [-0.2, -0.15) is 0 Å². The smallest absolute Gasteiger partial charge is 0.335 e. The summed E-state index contributed by atoms with van der Waals surface area (Å²) in [5.74, 6) is -0.263. The summed E-state index contributed by atoms with van der Waals surface area (Å²) in [5, 5.41) is 0.147. The van der Waals surface area contributed by atoms with E-state index < -0.39 is 14.4 Å². The number of ether oxygens (including phenoxy) is 4. The second-order valence-electron chi connectivity index (χ2n) is 12.9. The van der Waals surface area contributed by atoms with Gasteiger partial charge in [0, 0.05) is 52.5 Å². The van der Waals surface area contributed by atoms with E-state index in [9.17, 15) is 9.59 Å². The summed E-state index contributed by atoms with van der Waals surface area (Å²) in [5.41, 5.74) is 0. The highest BCUT2D eigenvalue weighted by Crippen LogP contribution is 2.38. The molecule has 0 bridgehead atoms. The summed E-state index contributed by atoms with van der Waals surface area (Å²) in [6.45, 7) is 21.5. The van der Waals surface area contributed by atoms with Gasteiger partial charge < -0.3 is 28.3 Å². The van der Waals surface area contributed by atoms with Crippen molar-refractivity contribution in [3.8, 4) is 0 Å². The first kappa shape index (κ1) is 38.7. The highest BCUT2D eigenvalue weighted by molar-refractivity contribution is 6.74. The Kier molecular flexibility index (Phi) is 17.7. The zero-order valence-corrected chi connectivity index (χ0v) is 29.0. The van der Waals surface area contributed by atoms with Crippen molar-refractivity contribution in [3.63, 3.8) is 0 Å². The monoisotopic (exact) mass is 587 g/mol. The third-order valence-corrected chi connectivity index (χ3v) is 13.2. The molecule has 40 heavy (non-hydrogen) atoms. The minimum Gasteiger partial charge on any atom is -0.460 e. The van der Waals surface area contributed by atoms with Crippen LogP contribution in [0.1, 0.15) is 81.1 Å². The predicted molar refractivity (Wildman–Crippen MR) is 165 cm³/mol. The number of hydrogen-bond acceptors (Lipinski definition) is 7. The van der Waals surface area contributed by atoms with Gasteiger partial charge in [0.2, 0.25) is 6.41 Å². The molecule has 8 atom stereocenters. The van der Waals surface area contributed by atoms with Gasteiger partial charge in [-0.05, 0) is 56.7 Å². The van der Waals surface area contributed by atoms with Crippen LogP contribution in [0.4, 0.5) is 0 Å². The number of nitrogens with zero attached hydrogens (tertiary/aromatic N) is 1. The van der Waals surface area contributed by atoms with E-state index in [0.29, 0.717) is 6.42 Å². The minimum absolute atomic E-state index is 0.00889. The zero-order valence-electron chi connectivity index (χ0n) is 28.0. The Balaban J connectivity index is 5.71. The van der Waals surface area contributed by atoms with Gasteiger partial charge in [-0.1, -0.05) is 54.5 Å². The Morgan fingerprint density at radius 1 is 0.950 bits per heavy atom. The predicted octanol–water partition coefficient (Wildman–Crippen LogP) is 6.44. The number of amides is 1. The Hall–Kier alpha value is -1.26. The molecular weight excluding hydrogens is 526 g/mol. The van der Waals surface area contributed by atoms with Crippen LogP contribution in [0, 0.1) is 17.8 Å². The van der Waals surface area contributed by atoms with Gasteiger partial charge in [0.05, 0.1) is 12.2 Å². The third kappa shape index (κ3) is 12.7. The first-order valence-electron chi connectivity index (χ1n) is 14.8. The van der Waals surface area contributed by atoms with Crippen molar-refractivity contribution in [1.82, 2.24) is 4.90 Å². The molecule has 8 nitrogen and oxygen atoms in total. The summed E-state index contributed by atoms with van der Waals surface area (Å²) < 4.78 is 29.8. The second kappa shape index (κ2) is 18.3. The summed E-state index contributed by atoms with van der Waals surface area (Å²) in [6.07, 6.45) is 6.56. The van der Waals surface area contributed by atoms with E-state index in [1.165, 1.54) is 12.0 Å². The van der Waals surface area contributed by atoms with Crippen molar-refractivity contribution in [2.45, 2.75) is 130 Å². The first-order chi connectivity index (χ1) is 18.5. The van der Waals surface area contributed by atoms with Crippen molar-refractivity contribution in [3.05, 3.63) is 12.3 Å². The van der Waals surface area contributed by atoms with Gasteiger partial charge in [0.25, 0.3) is 0 Å². The van der Waals surface area contributed by atoms with E-state index in [4.69, 9.17) is 23.4 Å². The molecule has 0 aromatic heterocycles. The van der Waals surface area contributed by atoms with Gasteiger partial charge in [-0.15, -0.1) is 0 Å². The number of methoxy groups -OCH3 is 3. The highest BCUT2D eigenvalue weighted by Gasteiger charge is 2.40. The molecule has 0 aliphatic heterocycles. The van der Waals surface area contributed by atoms with E-state index in [1.807, 2.05) is 13.0 Å². The minimum atomic E-state index is -1.90. The van der Waals surface area contributed by atoms with Crippen LogP contribution >= 0.6 is 0 Å². The number of carbonyl (C=O) groups is 2. The van der Waals surface area contributed by atoms with Crippen molar-refractivity contribution in [2.24, 2.45) is 17.8 Å². The maximum Gasteiger partial charge on any atom is 0.335 e. The topological polar surface area (TPSA) is 83.5 Å². The van der Waals surface area contributed by atoms with Crippen LogP contribution in [0.2, 0.25) is 18.1 Å². The molecule has 236 valence electrons. The lowest BCUT2D eigenvalue weighted by atomic mass is 9.84. The van der Waals surface area contributed by atoms with Gasteiger partial charge in [-0.3, -0.25) is 4.79 Å². The average Bonchev–Trinajstić information content (AvgIpc) is 2.90. The molecule has 0 fully saturated rings. The van der Waals surface area contributed by atoms with Crippen molar-refractivity contribution in [2.75, 3.05) is 28.4 Å². The number of rotatable bonds is 20. The van der Waals surface area contributed by atoms with E-state index in [2.05, 4.69) is 54.6 Å². The van der Waals surface area contributed by atoms with Crippen LogP contribution in [0.25, 0.3) is 0 Å². The SMILES string of the molecule is CC[C@H](C[C@H](OC)[C@@H](C)CC[C@@H](OC(=O)C(C)OC)[C@H](C)[C@H](OC)[C@H](C)/C=C/N(C)C=O)O[Si](C)(C)C(C)(C)C. The van der Waals surface area contributed by atoms with E-state index in [-0.39, 0.29) is 53.2 Å². The average molecular weight is 588 g/mol. The number of esters is 1. The Labute approximate surface area is 246 Å². The fourth-order valence-electron chi connectivity index (χ4n) is 4.63. The first-order valence-corrected chi connectivity index (χ1v) is 17.7. The molecule has 0 aliphatic rings. The van der Waals surface area contributed by atoms with Crippen molar-refractivity contribution < 1.29 is 33.0 Å². The molecule has 1 amide bonds. The van der Waals surface area contributed by atoms with Crippen LogP contribution < -0.4 is 0 Å². The largest absolute Gasteiger partial charge is 0.460 e. The molecule has 0 radical (unpaired) electrons. The molecule has 0 saturated carbocycles. The fraction of sp³-hybridized carbons (Fsp3) is 0.871. The molecule has 0 rings (SSSR count). The molecule has 0 aromatic rings. The van der Waals surface area contributed by atoms with Crippen LogP contribution in [-0.4, -0.2) is 84.5 Å². The van der Waals surface area contributed by atoms with E-state index in [0.717, 1.165) is 25.7 Å². The molecule has 0 aromatic carbocycles. The molecule has 0 saturated heterocycles. The lowest BCUT2D eigenvalue weighted by Gasteiger charge is -2.40. The lowest BCUT2D eigenvalue weighted by molar-refractivity contribution is -0.166. The molecular formula is C31H61NO7Si. The van der Waals surface area contributed by atoms with Gasteiger partial charge in [-0.25, -0.2) is 4.79 Å². The van der Waals surface area contributed by atoms with Crippen LogP contribution in [-0.2, 0) is 33.0 Å². The van der Waals surface area contributed by atoms with Gasteiger partial charge >= 0.3 is 5.97 Å². The fourth-order valence-corrected chi connectivity index (χ4v) is 6.08. The summed E-state index contributed by atoms with van der Waals surface area (Å²) in [7, 11) is 4.73. The summed E-state index contributed by atoms with van der Waals surface area (Å²) in [4.78, 5) is 25.2. The molecule has 0 N–H and O–H groups in total. The molecule has 0 spiro atoms. The maximum atomic E-state index is 12.8. The van der Waals surface area contributed by atoms with Gasteiger partial charge in [0.15, 0.2) is 14.4 Å². The quantitative estimate of drug-likeness (QED) is 0.0920. The van der Waals surface area contributed by atoms with Crippen molar-refractivity contribution >= 4 is 20.7 Å². The molecule has 0 aliphatic carbocycles. The Morgan fingerprint density at radius 3 is 2.00 bits per heavy atom. The standard InChI is InChI=1S/C31H61NO7Si/c1-15-26(39-40(13,14)31(6,7)8)20-28(36-11)22(2)16-17-27(38-30(34)25(5)35-10)24(4)29(37-12)23(3)18-19-32(9)21-33/h18-19,21-29H,15-17,20H2,1-14H3/b19-18+/t22-,23+,24-,25?,26+,27+,28-,29+/m0/s1. The van der Waals surface area contributed by atoms with Crippen LogP contribution in [0.15, 0.2) is 12.3 Å². The number of carbonyl (C=O) groups excluding carboxylic acids is 2. The number of hydrogen-bond donors (Lipinski definition) is 0. The normalized spacial score (nSPS) is 18.9. The highest BCUT2D eigenvalue weighted by atomic mass is 28.4. The molecule has 0 heterocycles. The summed E-state index contributed by atoms with van der Waals surface area (Å²) >= 11 is 0. The van der Waals surface area contributed by atoms with E-state index >= 15 is 0 Å². The second-order valence-corrected chi connectivity index (χ2v) is 17.6. The maximum absolute atomic E-state index is 12.8. The van der Waals surface area contributed by atoms with Gasteiger partial charge in [0.1, 0.15) is 6.10 Å². The third-order valence-electron chi connectivity index (χ3n) is 8.70. The molecule has 9 heteroatoms. The summed E-state index contributed by atoms with van der Waals surface area (Å²) in [6, 6.07) is 0. The van der Waals surface area contributed by atoms with E-state index in [1.54, 1.807) is 34.4 Å². The molecule has 1 unspecified atom stereocenters. The lowest BCUT2D eigenvalue weighted by Crippen LogP contribution is -2.45. The van der Waals surface area contributed by atoms with Crippen molar-refractivity contribution in [1.29, 1.82) is 0 Å². The zero-order chi connectivity index (χ0) is 31.3. The van der Waals surface area contributed by atoms with Crippen LogP contribution in [0.3, 0.4) is 0 Å². The Bertz CT molecular complexity index is 754. The Morgan fingerprint density at radius 2 is 1.55 bits per heavy atom.